The first-order valence-electron chi connectivity index (χ1n) is 6.18. The summed E-state index contributed by atoms with van der Waals surface area (Å²) in [5.41, 5.74) is 1.85. The van der Waals surface area contributed by atoms with Gasteiger partial charge in [-0.15, -0.1) is 0 Å². The van der Waals surface area contributed by atoms with Gasteiger partial charge in [0.05, 0.1) is 0 Å². The zero-order valence-electron chi connectivity index (χ0n) is 11.6. The minimum absolute atomic E-state index is 0.346. The third-order valence-electron chi connectivity index (χ3n) is 2.31. The van der Waals surface area contributed by atoms with Gasteiger partial charge in [0.25, 0.3) is 0 Å². The largest absolute Gasteiger partial charge is 0.374 e. The van der Waals surface area contributed by atoms with Gasteiger partial charge in [-0.05, 0) is 38.6 Å². The Morgan fingerprint density at radius 2 is 1.80 bits per heavy atom. The first kappa shape index (κ1) is 15.2. The molecule has 2 aromatic heterocycles. The first-order chi connectivity index (χ1) is 9.56. The number of hydrogen-bond donors (Lipinski definition) is 0. The molecule has 0 aliphatic heterocycles. The summed E-state index contributed by atoms with van der Waals surface area (Å²) < 4.78 is 5.29. The summed E-state index contributed by atoms with van der Waals surface area (Å²) >= 11 is 7.36. The van der Waals surface area contributed by atoms with Crippen LogP contribution in [0.2, 0.25) is 5.15 Å². The highest BCUT2D eigenvalue weighted by Gasteiger charge is 2.08. The maximum Gasteiger partial charge on any atom is 0.194 e. The van der Waals surface area contributed by atoms with Gasteiger partial charge in [0.2, 0.25) is 0 Å². The van der Waals surface area contributed by atoms with Gasteiger partial charge in [-0.2, -0.15) is 0 Å². The molecule has 2 rings (SSSR count). The van der Waals surface area contributed by atoms with Gasteiger partial charge >= 0.3 is 0 Å². The molecule has 0 radical (unpaired) electrons. The van der Waals surface area contributed by atoms with E-state index in [0.29, 0.717) is 34.4 Å². The smallest absolute Gasteiger partial charge is 0.194 e. The van der Waals surface area contributed by atoms with Crippen molar-refractivity contribution in [2.24, 2.45) is 0 Å². The molecule has 2 aromatic rings. The summed E-state index contributed by atoms with van der Waals surface area (Å²) in [6.45, 7) is 6.75. The van der Waals surface area contributed by atoms with Gasteiger partial charge in [-0.1, -0.05) is 11.6 Å². The van der Waals surface area contributed by atoms with Crippen molar-refractivity contribution in [3.8, 4) is 0 Å². The van der Waals surface area contributed by atoms with Crippen LogP contribution in [0.3, 0.4) is 0 Å². The first-order valence-corrected chi connectivity index (χ1v) is 7.37. The molecule has 106 valence electrons. The lowest BCUT2D eigenvalue weighted by molar-refractivity contribution is 0.128. The SMILES string of the molecule is CCOCc1nc(Cl)cc(Sc2nc(C)cc(C)n2)n1. The Morgan fingerprint density at radius 3 is 2.45 bits per heavy atom. The average Bonchev–Trinajstić information content (AvgIpc) is 2.34. The lowest BCUT2D eigenvalue weighted by Crippen LogP contribution is -2.01. The Hall–Kier alpha value is -1.24. The van der Waals surface area contributed by atoms with Crippen molar-refractivity contribution in [1.82, 2.24) is 19.9 Å². The van der Waals surface area contributed by atoms with Gasteiger partial charge in [-0.25, -0.2) is 19.9 Å². The Bertz CT molecular complexity index is 589. The molecule has 0 saturated heterocycles. The minimum Gasteiger partial charge on any atom is -0.374 e. The second kappa shape index (κ2) is 6.97. The van der Waals surface area contributed by atoms with Crippen molar-refractivity contribution in [3.63, 3.8) is 0 Å². The van der Waals surface area contributed by atoms with E-state index < -0.39 is 0 Å². The van der Waals surface area contributed by atoms with E-state index >= 15 is 0 Å². The van der Waals surface area contributed by atoms with Crippen molar-refractivity contribution >= 4 is 23.4 Å². The molecule has 0 N–H and O–H groups in total. The van der Waals surface area contributed by atoms with Crippen molar-refractivity contribution in [3.05, 3.63) is 34.5 Å². The normalized spacial score (nSPS) is 10.8. The second-order valence-corrected chi connectivity index (χ2v) is 5.49. The maximum atomic E-state index is 6.00. The summed E-state index contributed by atoms with van der Waals surface area (Å²) in [7, 11) is 0. The molecule has 0 spiro atoms. The van der Waals surface area contributed by atoms with Crippen LogP contribution >= 0.6 is 23.4 Å². The fourth-order valence-electron chi connectivity index (χ4n) is 1.58. The summed E-state index contributed by atoms with van der Waals surface area (Å²) in [5.74, 6) is 0.561. The summed E-state index contributed by atoms with van der Waals surface area (Å²) in [5, 5.41) is 1.76. The molecule has 0 fully saturated rings. The predicted octanol–water partition coefficient (Wildman–Crippen LogP) is 3.22. The number of aromatic nitrogens is 4. The highest BCUT2D eigenvalue weighted by molar-refractivity contribution is 7.99. The second-order valence-electron chi connectivity index (χ2n) is 4.12. The number of aryl methyl sites for hydroxylation is 2. The summed E-state index contributed by atoms with van der Waals surface area (Å²) in [4.78, 5) is 17.2. The number of ether oxygens (including phenoxy) is 1. The molecule has 0 amide bonds. The van der Waals surface area contributed by atoms with Crippen LogP contribution in [0.1, 0.15) is 24.1 Å². The molecular weight excluding hydrogens is 296 g/mol. The molecule has 0 aromatic carbocycles. The van der Waals surface area contributed by atoms with Crippen LogP contribution in [0.4, 0.5) is 0 Å². The van der Waals surface area contributed by atoms with Crippen molar-refractivity contribution in [1.29, 1.82) is 0 Å². The standard InChI is InChI=1S/C13H15ClN4OS/c1-4-19-7-11-17-10(14)6-12(18-11)20-13-15-8(2)5-9(3)16-13/h5-6H,4,7H2,1-3H3. The van der Waals surface area contributed by atoms with Crippen LogP contribution in [-0.2, 0) is 11.3 Å². The van der Waals surface area contributed by atoms with Gasteiger partial charge in [0.1, 0.15) is 16.8 Å². The number of halogens is 1. The zero-order chi connectivity index (χ0) is 14.5. The zero-order valence-corrected chi connectivity index (χ0v) is 13.1. The minimum atomic E-state index is 0.346. The highest BCUT2D eigenvalue weighted by atomic mass is 35.5. The topological polar surface area (TPSA) is 60.8 Å². The predicted molar refractivity (Wildman–Crippen MR) is 78.0 cm³/mol. The lowest BCUT2D eigenvalue weighted by Gasteiger charge is -2.05. The quantitative estimate of drug-likeness (QED) is 0.624. The molecule has 7 heteroatoms. The van der Waals surface area contributed by atoms with Crippen LogP contribution in [0.5, 0.6) is 0 Å². The monoisotopic (exact) mass is 310 g/mol. The molecule has 5 nitrogen and oxygen atoms in total. The number of hydrogen-bond acceptors (Lipinski definition) is 6. The molecule has 0 bridgehead atoms. The van der Waals surface area contributed by atoms with Crippen LogP contribution in [0, 0.1) is 13.8 Å². The Balaban J connectivity index is 2.21. The van der Waals surface area contributed by atoms with Crippen LogP contribution in [-0.4, -0.2) is 26.5 Å². The van der Waals surface area contributed by atoms with E-state index in [1.54, 1.807) is 6.07 Å². The highest BCUT2D eigenvalue weighted by Crippen LogP contribution is 2.25. The third kappa shape index (κ3) is 4.40. The van der Waals surface area contributed by atoms with Crippen LogP contribution in [0.25, 0.3) is 0 Å². The van der Waals surface area contributed by atoms with Crippen molar-refractivity contribution < 1.29 is 4.74 Å². The van der Waals surface area contributed by atoms with Crippen molar-refractivity contribution in [2.75, 3.05) is 6.61 Å². The molecule has 0 unspecified atom stereocenters. The molecular formula is C13H15ClN4OS. The Morgan fingerprint density at radius 1 is 1.10 bits per heavy atom. The van der Waals surface area contributed by atoms with E-state index in [2.05, 4.69) is 19.9 Å². The molecule has 2 heterocycles. The van der Waals surface area contributed by atoms with E-state index in [4.69, 9.17) is 16.3 Å². The van der Waals surface area contributed by atoms with E-state index in [1.807, 2.05) is 26.8 Å². The molecule has 0 aliphatic rings. The Kier molecular flexibility index (Phi) is 5.28. The van der Waals surface area contributed by atoms with Gasteiger partial charge in [0, 0.05) is 24.1 Å². The summed E-state index contributed by atoms with van der Waals surface area (Å²) in [6, 6.07) is 3.63. The maximum absolute atomic E-state index is 6.00. The third-order valence-corrected chi connectivity index (χ3v) is 3.29. The number of rotatable bonds is 5. The van der Waals surface area contributed by atoms with Gasteiger partial charge < -0.3 is 4.74 Å². The fourth-order valence-corrected chi connectivity index (χ4v) is 2.74. The Labute approximate surface area is 127 Å². The van der Waals surface area contributed by atoms with Crippen LogP contribution < -0.4 is 0 Å². The fraction of sp³-hybridized carbons (Fsp3) is 0.385. The van der Waals surface area contributed by atoms with E-state index in [1.165, 1.54) is 11.8 Å². The molecule has 0 atom stereocenters. The molecule has 0 aliphatic carbocycles. The van der Waals surface area contributed by atoms with Crippen LogP contribution in [0.15, 0.2) is 22.3 Å². The number of nitrogens with zero attached hydrogens (tertiary/aromatic N) is 4. The summed E-state index contributed by atoms with van der Waals surface area (Å²) in [6.07, 6.45) is 0. The van der Waals surface area contributed by atoms with Crippen molar-refractivity contribution in [2.45, 2.75) is 37.6 Å². The van der Waals surface area contributed by atoms with Gasteiger partial charge in [-0.3, -0.25) is 0 Å². The lowest BCUT2D eigenvalue weighted by atomic mass is 10.4. The van der Waals surface area contributed by atoms with E-state index in [9.17, 15) is 0 Å². The molecule has 0 saturated carbocycles. The molecule has 20 heavy (non-hydrogen) atoms. The van der Waals surface area contributed by atoms with E-state index in [-0.39, 0.29) is 0 Å². The average molecular weight is 311 g/mol. The van der Waals surface area contributed by atoms with Gasteiger partial charge in [0.15, 0.2) is 11.0 Å². The van der Waals surface area contributed by atoms with E-state index in [0.717, 1.165) is 11.4 Å².